The molecule has 0 saturated carbocycles. The molecule has 4 aliphatic rings. The molecule has 10 aromatic rings. The van der Waals surface area contributed by atoms with Crippen LogP contribution in [0.3, 0.4) is 0 Å². The quantitative estimate of drug-likeness (QED) is 0.164. The van der Waals surface area contributed by atoms with Gasteiger partial charge in [0.15, 0.2) is 0 Å². The summed E-state index contributed by atoms with van der Waals surface area (Å²) in [6.45, 7) is 21.2. The third-order valence-corrected chi connectivity index (χ3v) is 16.3. The van der Waals surface area contributed by atoms with Gasteiger partial charge in [-0.2, -0.15) is 0 Å². The summed E-state index contributed by atoms with van der Waals surface area (Å²) in [6, 6.07) is 72.0. The van der Waals surface area contributed by atoms with Gasteiger partial charge in [-0.25, -0.2) is 0 Å². The minimum Gasteiger partial charge on any atom is -0.311 e. The highest BCUT2D eigenvalue weighted by atomic mass is 15.2. The normalized spacial score (nSPS) is 14.3. The summed E-state index contributed by atoms with van der Waals surface area (Å²) in [5.74, 6) is 0. The molecule has 0 unspecified atom stereocenters. The van der Waals surface area contributed by atoms with E-state index in [0.29, 0.717) is 0 Å². The minimum atomic E-state index is -0.130. The van der Waals surface area contributed by atoms with Gasteiger partial charge in [0, 0.05) is 62.0 Å². The van der Waals surface area contributed by atoms with E-state index in [-0.39, 0.29) is 29.7 Å². The summed E-state index contributed by atoms with van der Waals surface area (Å²) in [5, 5.41) is 2.61. The Morgan fingerprint density at radius 2 is 0.750 bits per heavy atom. The Kier molecular flexibility index (Phi) is 8.94. The molecule has 4 nitrogen and oxygen atoms in total. The van der Waals surface area contributed by atoms with E-state index in [0.717, 1.165) is 11.4 Å². The Hall–Kier alpha value is -7.69. The summed E-state index contributed by atoms with van der Waals surface area (Å²) in [7, 11) is 0. The zero-order chi connectivity index (χ0) is 49.2. The van der Waals surface area contributed by atoms with Crippen molar-refractivity contribution in [3.8, 4) is 5.69 Å². The Morgan fingerprint density at radius 3 is 1.25 bits per heavy atom. The van der Waals surface area contributed by atoms with Crippen molar-refractivity contribution < 1.29 is 0 Å². The molecule has 0 aliphatic carbocycles. The fourth-order valence-electron chi connectivity index (χ4n) is 12.9. The number of anilines is 9. The van der Waals surface area contributed by atoms with Crippen molar-refractivity contribution in [3.63, 3.8) is 0 Å². The second kappa shape index (κ2) is 14.9. The van der Waals surface area contributed by atoms with E-state index in [2.05, 4.69) is 270 Å². The molecule has 0 atom stereocenters. The van der Waals surface area contributed by atoms with Crippen LogP contribution in [0.15, 0.2) is 188 Å². The Morgan fingerprint density at radius 1 is 0.333 bits per heavy atom. The molecule has 0 spiro atoms. The van der Waals surface area contributed by atoms with Gasteiger partial charge in [-0.3, -0.25) is 0 Å². The molecule has 6 heteroatoms. The van der Waals surface area contributed by atoms with Crippen molar-refractivity contribution in [2.45, 2.75) is 78.6 Å². The predicted octanol–water partition coefficient (Wildman–Crippen LogP) is 13.4. The highest BCUT2D eigenvalue weighted by Gasteiger charge is 2.49. The Balaban J connectivity index is 1.21. The summed E-state index contributed by atoms with van der Waals surface area (Å²) in [4.78, 5) is 7.76. The van der Waals surface area contributed by atoms with Crippen molar-refractivity contribution in [1.82, 2.24) is 4.57 Å². The van der Waals surface area contributed by atoms with Crippen molar-refractivity contribution >= 4 is 119 Å². The van der Waals surface area contributed by atoms with Crippen LogP contribution in [0.1, 0.15) is 79.0 Å². The monoisotopic (exact) mass is 928 g/mol. The summed E-state index contributed by atoms with van der Waals surface area (Å²) >= 11 is 0. The smallest absolute Gasteiger partial charge is 0.252 e. The van der Waals surface area contributed by atoms with Crippen molar-refractivity contribution in [2.24, 2.45) is 0 Å². The highest BCUT2D eigenvalue weighted by molar-refractivity contribution is 7.03. The van der Waals surface area contributed by atoms with Crippen LogP contribution in [-0.4, -0.2) is 18.0 Å². The first-order chi connectivity index (χ1) is 34.7. The van der Waals surface area contributed by atoms with Gasteiger partial charge in [-0.15, -0.1) is 0 Å². The lowest BCUT2D eigenvalue weighted by Crippen LogP contribution is -2.64. The van der Waals surface area contributed by atoms with Gasteiger partial charge < -0.3 is 19.3 Å². The van der Waals surface area contributed by atoms with Crippen LogP contribution in [-0.2, 0) is 16.2 Å². The molecule has 0 radical (unpaired) electrons. The number of rotatable bonds is 3. The fraction of sp³-hybridized carbons (Fsp3) is 0.182. The summed E-state index contributed by atoms with van der Waals surface area (Å²) < 4.78 is 2.69. The molecule has 0 fully saturated rings. The molecule has 0 bridgehead atoms. The Bertz CT molecular complexity index is 3890. The zero-order valence-corrected chi connectivity index (χ0v) is 42.8. The molecular formula is C66H58B2N4. The van der Waals surface area contributed by atoms with Crippen molar-refractivity contribution in [1.29, 1.82) is 0 Å². The number of para-hydroxylation sites is 5. The molecule has 0 N–H and O–H groups in total. The highest BCUT2D eigenvalue weighted by Crippen LogP contribution is 2.51. The van der Waals surface area contributed by atoms with Crippen molar-refractivity contribution in [2.75, 3.05) is 14.7 Å². The third-order valence-electron chi connectivity index (χ3n) is 16.3. The van der Waals surface area contributed by atoms with Gasteiger partial charge in [0.2, 0.25) is 0 Å². The summed E-state index contributed by atoms with van der Waals surface area (Å²) in [6.07, 6.45) is 0. The maximum Gasteiger partial charge on any atom is 0.252 e. The lowest BCUT2D eigenvalue weighted by molar-refractivity contribution is 0.590. The van der Waals surface area contributed by atoms with Gasteiger partial charge in [-0.1, -0.05) is 165 Å². The second-order valence-electron chi connectivity index (χ2n) is 23.8. The maximum atomic E-state index is 2.69. The average molecular weight is 929 g/mol. The first-order valence-electron chi connectivity index (χ1n) is 25.9. The SMILES string of the molecule is CC(C)(C)c1cc2c3c(c1)N(c1ccccc1)c1c(cc4c5c1c1cc(C(C)(C)C)ccc1n5-c1cc(C(C)(C)C)cc5c1B4c1ccccc1N5c1ccccc1)B3c1ccccc1N2c1ccccc1. The van der Waals surface area contributed by atoms with Crippen LogP contribution < -0.4 is 47.5 Å². The molecule has 9 aromatic carbocycles. The van der Waals surface area contributed by atoms with E-state index in [1.807, 2.05) is 0 Å². The molecule has 4 aliphatic heterocycles. The van der Waals surface area contributed by atoms with Crippen LogP contribution >= 0.6 is 0 Å². The second-order valence-corrected chi connectivity index (χ2v) is 23.8. The maximum absolute atomic E-state index is 2.69. The average Bonchev–Trinajstić information content (AvgIpc) is 3.72. The molecule has 348 valence electrons. The van der Waals surface area contributed by atoms with Gasteiger partial charge >= 0.3 is 0 Å². The number of nitrogens with zero attached hydrogens (tertiary/aromatic N) is 4. The van der Waals surface area contributed by atoms with Gasteiger partial charge in [-0.05, 0) is 151 Å². The minimum absolute atomic E-state index is 0.0270. The van der Waals surface area contributed by atoms with Crippen LogP contribution in [0.5, 0.6) is 0 Å². The molecule has 0 amide bonds. The molecule has 5 heterocycles. The molecule has 1 aromatic heterocycles. The molecule has 72 heavy (non-hydrogen) atoms. The zero-order valence-electron chi connectivity index (χ0n) is 42.8. The van der Waals surface area contributed by atoms with Gasteiger partial charge in [0.25, 0.3) is 13.4 Å². The van der Waals surface area contributed by atoms with E-state index in [1.54, 1.807) is 0 Å². The lowest BCUT2D eigenvalue weighted by Gasteiger charge is -2.46. The van der Waals surface area contributed by atoms with E-state index in [1.165, 1.54) is 117 Å². The first kappa shape index (κ1) is 43.1. The Labute approximate surface area is 425 Å². The first-order valence-corrected chi connectivity index (χ1v) is 25.9. The van der Waals surface area contributed by atoms with Crippen molar-refractivity contribution in [3.05, 3.63) is 205 Å². The van der Waals surface area contributed by atoms with E-state index in [4.69, 9.17) is 0 Å². The largest absolute Gasteiger partial charge is 0.311 e. The van der Waals surface area contributed by atoms with Crippen LogP contribution in [0, 0.1) is 0 Å². The van der Waals surface area contributed by atoms with Gasteiger partial charge in [0.05, 0.1) is 16.7 Å². The van der Waals surface area contributed by atoms with E-state index >= 15 is 0 Å². The number of aromatic nitrogens is 1. The number of fused-ring (bicyclic) bond motifs is 12. The molecular weight excluding hydrogens is 870 g/mol. The number of hydrogen-bond donors (Lipinski definition) is 0. The fourth-order valence-corrected chi connectivity index (χ4v) is 12.9. The summed E-state index contributed by atoms with van der Waals surface area (Å²) in [5.41, 5.74) is 26.5. The molecule has 14 rings (SSSR count). The lowest BCUT2D eigenvalue weighted by atomic mass is 9.30. The van der Waals surface area contributed by atoms with Crippen LogP contribution in [0.4, 0.5) is 51.2 Å². The van der Waals surface area contributed by atoms with Crippen LogP contribution in [0.2, 0.25) is 0 Å². The van der Waals surface area contributed by atoms with Crippen LogP contribution in [0.25, 0.3) is 27.5 Å². The number of benzene rings is 9. The number of hydrogen-bond acceptors (Lipinski definition) is 3. The van der Waals surface area contributed by atoms with E-state index in [9.17, 15) is 0 Å². The van der Waals surface area contributed by atoms with Gasteiger partial charge in [0.1, 0.15) is 0 Å². The van der Waals surface area contributed by atoms with E-state index < -0.39 is 0 Å². The predicted molar refractivity (Wildman–Crippen MR) is 310 cm³/mol. The standard InChI is InChI=1S/C66H58B2N4/c1-64(2,3)41-33-34-52-47(35-41)59-62-50(40-51-63(59)72(52)58-39-43(66(7,8)9)37-56-61(58)68(51)49-30-20-22-32-54(49)70(56)45-25-15-11-16-26-45)67-48-29-19-21-31-53(48)69(44-23-13-10-14-24-44)55-36-42(65(4,5)6)38-57(60(55)67)71(62)46-27-17-12-18-28-46/h10-40H,1-9H3. The topological polar surface area (TPSA) is 14.7 Å². The third kappa shape index (κ3) is 6.02. The molecule has 0 saturated heterocycles.